The lowest BCUT2D eigenvalue weighted by atomic mass is 9.91. The molecule has 1 aliphatic rings. The van der Waals surface area contributed by atoms with Gasteiger partial charge in [-0.3, -0.25) is 4.79 Å². The van der Waals surface area contributed by atoms with Gasteiger partial charge in [0.25, 0.3) is 5.56 Å². The van der Waals surface area contributed by atoms with E-state index in [-0.39, 0.29) is 11.7 Å². The minimum atomic E-state index is -0.797. The maximum absolute atomic E-state index is 13.2. The first-order valence-corrected chi connectivity index (χ1v) is 13.6. The Morgan fingerprint density at radius 1 is 1.12 bits per heavy atom. The van der Waals surface area contributed by atoms with Gasteiger partial charge in [0.05, 0.1) is 17.2 Å². The zero-order chi connectivity index (χ0) is 29.5. The summed E-state index contributed by atoms with van der Waals surface area (Å²) in [4.78, 5) is 41.3. The Bertz CT molecular complexity index is 1740. The number of anilines is 2. The second-order valence-electron chi connectivity index (χ2n) is 11.6. The summed E-state index contributed by atoms with van der Waals surface area (Å²) in [5, 5.41) is 13.2. The summed E-state index contributed by atoms with van der Waals surface area (Å²) in [6.45, 7) is 12.5. The largest absolute Gasteiger partial charge is 0.444 e. The number of pyridine rings is 1. The number of fused-ring (bicyclic) bond motifs is 2. The summed E-state index contributed by atoms with van der Waals surface area (Å²) in [5.74, 6) is 0.826. The topological polar surface area (TPSA) is 131 Å². The van der Waals surface area contributed by atoms with Crippen molar-refractivity contribution in [2.75, 3.05) is 11.9 Å². The van der Waals surface area contributed by atoms with Crippen LogP contribution >= 0.6 is 0 Å². The van der Waals surface area contributed by atoms with E-state index in [0.717, 1.165) is 16.8 Å². The maximum atomic E-state index is 13.2. The van der Waals surface area contributed by atoms with E-state index in [0.29, 0.717) is 54.5 Å². The summed E-state index contributed by atoms with van der Waals surface area (Å²) < 4.78 is 8.77. The van der Waals surface area contributed by atoms with E-state index in [1.807, 2.05) is 52.0 Å². The van der Waals surface area contributed by atoms with Crippen molar-refractivity contribution in [3.63, 3.8) is 0 Å². The molecule has 0 atom stereocenters. The van der Waals surface area contributed by atoms with Crippen LogP contribution in [0.25, 0.3) is 16.9 Å². The average Bonchev–Trinajstić information content (AvgIpc) is 3.22. The standard InChI is InChI=1S/C30H34N8O3/c1-7-37-26(39)22-16-32-27(35-25(22)38(37)24-10-8-9-23(34-24)30(5,6)18-31)33-21-12-11-20-17-36(14-13-19(20)15-21)28(40)41-29(2,3)4/h8-12,15-16H,7,13-14,17H2,1-6H3,(H,32,33,35). The fraction of sp³-hybridized carbons (Fsp3) is 0.400. The van der Waals surface area contributed by atoms with Crippen LogP contribution in [-0.2, 0) is 29.7 Å². The lowest BCUT2D eigenvalue weighted by molar-refractivity contribution is 0.0224. The molecule has 212 valence electrons. The summed E-state index contributed by atoms with van der Waals surface area (Å²) in [7, 11) is 0. The molecule has 0 saturated carbocycles. The van der Waals surface area contributed by atoms with Crippen LogP contribution in [0, 0.1) is 11.3 Å². The van der Waals surface area contributed by atoms with Crippen LogP contribution in [0.15, 0.2) is 47.4 Å². The summed E-state index contributed by atoms with van der Waals surface area (Å²) in [5.41, 5.74) is 2.45. The Morgan fingerprint density at radius 2 is 1.90 bits per heavy atom. The number of amides is 1. The summed E-state index contributed by atoms with van der Waals surface area (Å²) >= 11 is 0. The van der Waals surface area contributed by atoms with Gasteiger partial charge in [0, 0.05) is 31.5 Å². The second-order valence-corrected chi connectivity index (χ2v) is 11.6. The van der Waals surface area contributed by atoms with Crippen molar-refractivity contribution in [2.45, 2.75) is 72.1 Å². The highest BCUT2D eigenvalue weighted by Crippen LogP contribution is 2.26. The molecular formula is C30H34N8O3. The van der Waals surface area contributed by atoms with Crippen molar-refractivity contribution in [1.82, 2.24) is 29.2 Å². The number of carbonyl (C=O) groups is 1. The molecule has 1 N–H and O–H groups in total. The molecule has 1 aromatic carbocycles. The van der Waals surface area contributed by atoms with Gasteiger partial charge in [-0.2, -0.15) is 10.2 Å². The quantitative estimate of drug-likeness (QED) is 0.371. The van der Waals surface area contributed by atoms with Crippen molar-refractivity contribution in [3.05, 3.63) is 69.8 Å². The van der Waals surface area contributed by atoms with Gasteiger partial charge >= 0.3 is 6.09 Å². The first-order chi connectivity index (χ1) is 19.4. The van der Waals surface area contributed by atoms with Crippen molar-refractivity contribution >= 4 is 28.8 Å². The van der Waals surface area contributed by atoms with Gasteiger partial charge in [-0.1, -0.05) is 12.1 Å². The first kappa shape index (κ1) is 27.8. The van der Waals surface area contributed by atoms with E-state index in [9.17, 15) is 14.9 Å². The van der Waals surface area contributed by atoms with E-state index >= 15 is 0 Å². The third-order valence-electron chi connectivity index (χ3n) is 6.97. The second kappa shape index (κ2) is 10.4. The van der Waals surface area contributed by atoms with Crippen LogP contribution < -0.4 is 10.9 Å². The Hall–Kier alpha value is -4.72. The SMILES string of the molecule is CCn1c(=O)c2cnc(Nc3ccc4c(c3)CCN(C(=O)OC(C)(C)C)C4)nc2n1-c1cccc(C(C)(C)C#N)n1. The monoisotopic (exact) mass is 554 g/mol. The summed E-state index contributed by atoms with van der Waals surface area (Å²) in [6.07, 6.45) is 1.91. The molecule has 0 radical (unpaired) electrons. The van der Waals surface area contributed by atoms with E-state index in [2.05, 4.69) is 16.4 Å². The number of aromatic nitrogens is 5. The fourth-order valence-electron chi connectivity index (χ4n) is 4.80. The highest BCUT2D eigenvalue weighted by Gasteiger charge is 2.26. The molecule has 4 heterocycles. The number of carbonyl (C=O) groups excluding carboxylic acids is 1. The van der Waals surface area contributed by atoms with Gasteiger partial charge in [-0.05, 0) is 83.4 Å². The van der Waals surface area contributed by atoms with Crippen LogP contribution in [0.4, 0.5) is 16.4 Å². The van der Waals surface area contributed by atoms with Crippen LogP contribution in [-0.4, -0.2) is 47.5 Å². The Balaban J connectivity index is 1.45. The van der Waals surface area contributed by atoms with Gasteiger partial charge in [0.2, 0.25) is 5.95 Å². The zero-order valence-corrected chi connectivity index (χ0v) is 24.2. The molecule has 0 saturated heterocycles. The van der Waals surface area contributed by atoms with Crippen LogP contribution in [0.1, 0.15) is 58.4 Å². The predicted molar refractivity (Wildman–Crippen MR) is 155 cm³/mol. The van der Waals surface area contributed by atoms with Gasteiger partial charge in [0.1, 0.15) is 11.0 Å². The molecule has 0 spiro atoms. The Labute approximate surface area is 238 Å². The highest BCUT2D eigenvalue weighted by molar-refractivity contribution is 5.77. The molecule has 1 amide bonds. The molecule has 11 heteroatoms. The molecule has 0 fully saturated rings. The predicted octanol–water partition coefficient (Wildman–Crippen LogP) is 4.84. The maximum Gasteiger partial charge on any atom is 0.410 e. The molecule has 11 nitrogen and oxygen atoms in total. The van der Waals surface area contributed by atoms with Crippen molar-refractivity contribution in [3.8, 4) is 11.9 Å². The minimum Gasteiger partial charge on any atom is -0.444 e. The number of hydrogen-bond donors (Lipinski definition) is 1. The molecule has 0 aliphatic carbocycles. The van der Waals surface area contributed by atoms with E-state index in [1.165, 1.54) is 6.20 Å². The average molecular weight is 555 g/mol. The normalized spacial score (nSPS) is 13.5. The van der Waals surface area contributed by atoms with E-state index < -0.39 is 11.0 Å². The third kappa shape index (κ3) is 5.50. The van der Waals surface area contributed by atoms with E-state index in [1.54, 1.807) is 40.2 Å². The Kier molecular flexibility index (Phi) is 7.03. The molecule has 0 bridgehead atoms. The van der Waals surface area contributed by atoms with Gasteiger partial charge in [0.15, 0.2) is 11.5 Å². The minimum absolute atomic E-state index is 0.218. The zero-order valence-electron chi connectivity index (χ0n) is 24.2. The number of nitrogens with one attached hydrogen (secondary N) is 1. The van der Waals surface area contributed by atoms with Crippen LogP contribution in [0.2, 0.25) is 0 Å². The Morgan fingerprint density at radius 3 is 2.61 bits per heavy atom. The molecule has 4 aromatic rings. The number of ether oxygens (including phenoxy) is 1. The van der Waals surface area contributed by atoms with E-state index in [4.69, 9.17) is 14.7 Å². The fourth-order valence-corrected chi connectivity index (χ4v) is 4.80. The number of benzene rings is 1. The lowest BCUT2D eigenvalue weighted by Gasteiger charge is -2.31. The molecule has 1 aliphatic heterocycles. The number of rotatable bonds is 5. The smallest absolute Gasteiger partial charge is 0.410 e. The van der Waals surface area contributed by atoms with Crippen molar-refractivity contribution < 1.29 is 9.53 Å². The highest BCUT2D eigenvalue weighted by atomic mass is 16.6. The molecule has 0 unspecified atom stereocenters. The molecular weight excluding hydrogens is 520 g/mol. The lowest BCUT2D eigenvalue weighted by Crippen LogP contribution is -2.39. The first-order valence-electron chi connectivity index (χ1n) is 13.6. The van der Waals surface area contributed by atoms with Gasteiger partial charge < -0.3 is 15.0 Å². The van der Waals surface area contributed by atoms with Crippen LogP contribution in [0.5, 0.6) is 0 Å². The molecule has 41 heavy (non-hydrogen) atoms. The number of hydrogen-bond acceptors (Lipinski definition) is 8. The molecule has 5 rings (SSSR count). The van der Waals surface area contributed by atoms with Gasteiger partial charge in [-0.15, -0.1) is 0 Å². The summed E-state index contributed by atoms with van der Waals surface area (Å²) in [6, 6.07) is 13.6. The number of nitrogens with zero attached hydrogens (tertiary/aromatic N) is 7. The van der Waals surface area contributed by atoms with Gasteiger partial charge in [-0.25, -0.2) is 24.1 Å². The van der Waals surface area contributed by atoms with Crippen molar-refractivity contribution in [1.29, 1.82) is 5.26 Å². The molecule has 3 aromatic heterocycles. The number of nitriles is 1. The van der Waals surface area contributed by atoms with Crippen molar-refractivity contribution in [2.24, 2.45) is 0 Å². The van der Waals surface area contributed by atoms with Crippen LogP contribution in [0.3, 0.4) is 0 Å². The third-order valence-corrected chi connectivity index (χ3v) is 6.97.